The Kier molecular flexibility index (Phi) is 7.81. The van der Waals surface area contributed by atoms with Gasteiger partial charge in [-0.1, -0.05) is 17.7 Å². The maximum Gasteiger partial charge on any atom is 0.409 e. The standard InChI is InChI=1S/C21H26ClN3O7/c1-4-32-21(28)24-10-8-23(9-11-24)18-15(22)6-5-7-16(18)25-13-31-12-14(19(26)29-2)17(25)20(27)30-3/h5-7H,4,8-13H2,1-3H3. The van der Waals surface area contributed by atoms with Crippen molar-refractivity contribution in [3.05, 3.63) is 34.5 Å². The molecule has 1 aromatic carbocycles. The molecule has 2 aliphatic heterocycles. The molecule has 0 spiro atoms. The van der Waals surface area contributed by atoms with Gasteiger partial charge in [-0.25, -0.2) is 14.4 Å². The van der Waals surface area contributed by atoms with Crippen molar-refractivity contribution < 1.29 is 33.3 Å². The van der Waals surface area contributed by atoms with E-state index in [0.29, 0.717) is 49.2 Å². The van der Waals surface area contributed by atoms with Crippen molar-refractivity contribution in [3.63, 3.8) is 0 Å². The van der Waals surface area contributed by atoms with Gasteiger partial charge >= 0.3 is 18.0 Å². The highest BCUT2D eigenvalue weighted by Gasteiger charge is 2.35. The summed E-state index contributed by atoms with van der Waals surface area (Å²) in [6.07, 6.45) is -0.352. The largest absolute Gasteiger partial charge is 0.466 e. The number of rotatable bonds is 5. The molecule has 174 valence electrons. The molecule has 1 aromatic rings. The van der Waals surface area contributed by atoms with E-state index in [9.17, 15) is 14.4 Å². The van der Waals surface area contributed by atoms with E-state index in [1.54, 1.807) is 34.9 Å². The fourth-order valence-electron chi connectivity index (χ4n) is 3.70. The summed E-state index contributed by atoms with van der Waals surface area (Å²) >= 11 is 6.58. The van der Waals surface area contributed by atoms with Gasteiger partial charge < -0.3 is 33.6 Å². The number of methoxy groups -OCH3 is 2. The maximum absolute atomic E-state index is 12.6. The van der Waals surface area contributed by atoms with E-state index in [-0.39, 0.29) is 30.7 Å². The van der Waals surface area contributed by atoms with E-state index in [4.69, 9.17) is 30.5 Å². The fourth-order valence-corrected chi connectivity index (χ4v) is 3.98. The molecule has 0 bridgehead atoms. The molecular formula is C21H26ClN3O7. The molecule has 2 heterocycles. The molecule has 11 heteroatoms. The predicted molar refractivity (Wildman–Crippen MR) is 117 cm³/mol. The second kappa shape index (κ2) is 10.6. The van der Waals surface area contributed by atoms with Gasteiger partial charge in [-0.2, -0.15) is 0 Å². The van der Waals surface area contributed by atoms with Gasteiger partial charge in [0.25, 0.3) is 0 Å². The summed E-state index contributed by atoms with van der Waals surface area (Å²) in [6, 6.07) is 5.27. The van der Waals surface area contributed by atoms with Crippen LogP contribution < -0.4 is 9.80 Å². The Hall–Kier alpha value is -2.98. The van der Waals surface area contributed by atoms with Crippen LogP contribution in [0.15, 0.2) is 29.5 Å². The minimum Gasteiger partial charge on any atom is -0.466 e. The highest BCUT2D eigenvalue weighted by Crippen LogP contribution is 2.40. The first-order chi connectivity index (χ1) is 15.4. The summed E-state index contributed by atoms with van der Waals surface area (Å²) in [5.74, 6) is -1.37. The second-order valence-corrected chi connectivity index (χ2v) is 7.40. The van der Waals surface area contributed by atoms with Crippen LogP contribution in [0, 0.1) is 0 Å². The molecule has 3 rings (SSSR count). The van der Waals surface area contributed by atoms with Crippen molar-refractivity contribution in [3.8, 4) is 0 Å². The van der Waals surface area contributed by atoms with Crippen molar-refractivity contribution in [1.82, 2.24) is 4.90 Å². The van der Waals surface area contributed by atoms with Crippen molar-refractivity contribution in [1.29, 1.82) is 0 Å². The Bertz CT molecular complexity index is 913. The minimum atomic E-state index is -0.688. The number of hydrogen-bond acceptors (Lipinski definition) is 9. The topological polar surface area (TPSA) is 97.9 Å². The van der Waals surface area contributed by atoms with Crippen molar-refractivity contribution >= 4 is 41.0 Å². The molecular weight excluding hydrogens is 442 g/mol. The number of benzene rings is 1. The molecule has 1 amide bonds. The van der Waals surface area contributed by atoms with Gasteiger partial charge in [-0.05, 0) is 19.1 Å². The van der Waals surface area contributed by atoms with Crippen LogP contribution in [0.1, 0.15) is 6.92 Å². The highest BCUT2D eigenvalue weighted by molar-refractivity contribution is 6.34. The van der Waals surface area contributed by atoms with Gasteiger partial charge in [0, 0.05) is 26.2 Å². The molecule has 1 saturated heterocycles. The number of amides is 1. The molecule has 0 aliphatic carbocycles. The molecule has 0 N–H and O–H groups in total. The average molecular weight is 468 g/mol. The summed E-state index contributed by atoms with van der Waals surface area (Å²) in [5.41, 5.74) is 1.33. The number of para-hydroxylation sites is 1. The Balaban J connectivity index is 1.97. The van der Waals surface area contributed by atoms with E-state index in [2.05, 4.69) is 0 Å². The molecule has 0 atom stereocenters. The average Bonchev–Trinajstić information content (AvgIpc) is 2.82. The zero-order chi connectivity index (χ0) is 23.3. The third-order valence-electron chi connectivity index (χ3n) is 5.21. The summed E-state index contributed by atoms with van der Waals surface area (Å²) in [5, 5.41) is 0.460. The van der Waals surface area contributed by atoms with Crippen LogP contribution in [0.2, 0.25) is 5.02 Å². The van der Waals surface area contributed by atoms with Crippen LogP contribution in [-0.4, -0.2) is 83.3 Å². The van der Waals surface area contributed by atoms with E-state index < -0.39 is 11.9 Å². The Morgan fingerprint density at radius 2 is 1.75 bits per heavy atom. The van der Waals surface area contributed by atoms with E-state index in [1.807, 2.05) is 4.90 Å². The van der Waals surface area contributed by atoms with Crippen LogP contribution in [0.25, 0.3) is 0 Å². The lowest BCUT2D eigenvalue weighted by Gasteiger charge is -2.39. The fraction of sp³-hybridized carbons (Fsp3) is 0.476. The van der Waals surface area contributed by atoms with Gasteiger partial charge in [0.15, 0.2) is 0 Å². The first-order valence-electron chi connectivity index (χ1n) is 10.1. The summed E-state index contributed by atoms with van der Waals surface area (Å²) in [6.45, 7) is 3.92. The summed E-state index contributed by atoms with van der Waals surface area (Å²) in [4.78, 5) is 42.2. The van der Waals surface area contributed by atoms with Crippen LogP contribution in [0.4, 0.5) is 16.2 Å². The number of anilines is 2. The lowest BCUT2D eigenvalue weighted by Crippen LogP contribution is -2.49. The monoisotopic (exact) mass is 467 g/mol. The van der Waals surface area contributed by atoms with E-state index in [0.717, 1.165) is 0 Å². The number of hydrogen-bond donors (Lipinski definition) is 0. The van der Waals surface area contributed by atoms with Gasteiger partial charge in [0.2, 0.25) is 0 Å². The number of esters is 2. The Morgan fingerprint density at radius 3 is 2.38 bits per heavy atom. The van der Waals surface area contributed by atoms with Crippen LogP contribution in [-0.2, 0) is 28.5 Å². The predicted octanol–water partition coefficient (Wildman–Crippen LogP) is 2.01. The number of ether oxygens (including phenoxy) is 4. The molecule has 0 aromatic heterocycles. The summed E-state index contributed by atoms with van der Waals surface area (Å²) in [7, 11) is 2.47. The zero-order valence-electron chi connectivity index (χ0n) is 18.3. The number of halogens is 1. The minimum absolute atomic E-state index is 0.0149. The first kappa shape index (κ1) is 23.7. The number of carbonyl (C=O) groups is 3. The molecule has 0 unspecified atom stereocenters. The van der Waals surface area contributed by atoms with Crippen LogP contribution in [0.3, 0.4) is 0 Å². The van der Waals surface area contributed by atoms with Crippen molar-refractivity contribution in [2.45, 2.75) is 6.92 Å². The third kappa shape index (κ3) is 4.76. The van der Waals surface area contributed by atoms with Crippen LogP contribution >= 0.6 is 11.6 Å². The molecule has 2 aliphatic rings. The highest BCUT2D eigenvalue weighted by atomic mass is 35.5. The third-order valence-corrected chi connectivity index (χ3v) is 5.52. The maximum atomic E-state index is 12.6. The zero-order valence-corrected chi connectivity index (χ0v) is 19.0. The molecule has 32 heavy (non-hydrogen) atoms. The summed E-state index contributed by atoms with van der Waals surface area (Å²) < 4.78 is 20.4. The van der Waals surface area contributed by atoms with Gasteiger partial charge in [-0.15, -0.1) is 0 Å². The Morgan fingerprint density at radius 1 is 1.06 bits per heavy atom. The lowest BCUT2D eigenvalue weighted by atomic mass is 10.1. The van der Waals surface area contributed by atoms with Crippen LogP contribution in [0.5, 0.6) is 0 Å². The number of piperazine rings is 1. The lowest BCUT2D eigenvalue weighted by molar-refractivity contribution is -0.140. The van der Waals surface area contributed by atoms with Crippen molar-refractivity contribution in [2.75, 3.05) is 70.1 Å². The van der Waals surface area contributed by atoms with E-state index in [1.165, 1.54) is 14.2 Å². The molecule has 10 nitrogen and oxygen atoms in total. The quantitative estimate of drug-likeness (QED) is 0.475. The smallest absolute Gasteiger partial charge is 0.409 e. The number of nitrogens with zero attached hydrogens (tertiary/aromatic N) is 3. The SMILES string of the molecule is CCOC(=O)N1CCN(c2c(Cl)cccc2N2COCC(C(=O)OC)=C2C(=O)OC)CC1. The van der Waals surface area contributed by atoms with E-state index >= 15 is 0 Å². The first-order valence-corrected chi connectivity index (χ1v) is 10.5. The molecule has 0 radical (unpaired) electrons. The van der Waals surface area contributed by atoms with Gasteiger partial charge in [-0.3, -0.25) is 0 Å². The normalized spacial score (nSPS) is 16.7. The van der Waals surface area contributed by atoms with Gasteiger partial charge in [0.05, 0.1) is 49.4 Å². The van der Waals surface area contributed by atoms with Crippen molar-refractivity contribution in [2.24, 2.45) is 0 Å². The molecule has 0 saturated carbocycles. The van der Waals surface area contributed by atoms with Gasteiger partial charge in [0.1, 0.15) is 12.4 Å². The number of carbonyl (C=O) groups excluding carboxylic acids is 3. The second-order valence-electron chi connectivity index (χ2n) is 7.00. The molecule has 1 fully saturated rings. The Labute approximate surface area is 191 Å².